The fourth-order valence-corrected chi connectivity index (χ4v) is 2.90. The first-order chi connectivity index (χ1) is 12.9. The van der Waals surface area contributed by atoms with Crippen molar-refractivity contribution in [1.82, 2.24) is 5.43 Å². The number of carbonyl (C=O) groups is 1. The number of urea groups is 1. The molecule has 0 unspecified atom stereocenters. The fraction of sp³-hybridized carbons (Fsp3) is 0.391. The lowest BCUT2D eigenvalue weighted by Crippen LogP contribution is -2.24. The normalized spacial score (nSPS) is 12.2. The molecule has 28 heavy (non-hydrogen) atoms. The Bertz CT molecular complexity index is 852. The third kappa shape index (κ3) is 5.35. The minimum atomic E-state index is -0.406. The van der Waals surface area contributed by atoms with Crippen LogP contribution in [-0.4, -0.2) is 17.4 Å². The van der Waals surface area contributed by atoms with E-state index in [1.807, 2.05) is 43.3 Å². The number of amides is 2. The highest BCUT2D eigenvalue weighted by Crippen LogP contribution is 2.39. The highest BCUT2D eigenvalue weighted by molar-refractivity contribution is 5.91. The largest absolute Gasteiger partial charge is 0.507 e. The maximum absolute atomic E-state index is 12.1. The number of aryl methyl sites for hydroxylation is 1. The standard InChI is InChI=1S/C23H31N3O2/c1-15-10-8-9-11-19(15)25-21(28)26-24-14-16-12-17(22(2,3)4)20(27)18(13-16)23(5,6)7/h8-14,27H,1-7H3,(H2,25,26,28). The van der Waals surface area contributed by atoms with E-state index >= 15 is 0 Å². The van der Waals surface area contributed by atoms with Crippen LogP contribution < -0.4 is 10.7 Å². The van der Waals surface area contributed by atoms with Crippen LogP contribution in [0.15, 0.2) is 41.5 Å². The van der Waals surface area contributed by atoms with Crippen molar-refractivity contribution in [2.24, 2.45) is 5.10 Å². The Labute approximate surface area is 167 Å². The van der Waals surface area contributed by atoms with Crippen molar-refractivity contribution in [3.63, 3.8) is 0 Å². The molecular formula is C23H31N3O2. The van der Waals surface area contributed by atoms with Gasteiger partial charge in [-0.15, -0.1) is 0 Å². The molecule has 2 rings (SSSR count). The first-order valence-electron chi connectivity index (χ1n) is 9.43. The average Bonchev–Trinajstić information content (AvgIpc) is 2.56. The predicted octanol–water partition coefficient (Wildman–Crippen LogP) is 5.45. The quantitative estimate of drug-likeness (QED) is 0.488. The molecule has 0 saturated carbocycles. The van der Waals surface area contributed by atoms with E-state index in [1.54, 1.807) is 6.21 Å². The summed E-state index contributed by atoms with van der Waals surface area (Å²) in [6, 6.07) is 11.0. The minimum absolute atomic E-state index is 0.219. The van der Waals surface area contributed by atoms with Crippen LogP contribution in [0.4, 0.5) is 10.5 Å². The summed E-state index contributed by atoms with van der Waals surface area (Å²) in [5.41, 5.74) is 6.30. The van der Waals surface area contributed by atoms with E-state index in [0.29, 0.717) is 5.75 Å². The smallest absolute Gasteiger partial charge is 0.339 e. The molecule has 150 valence electrons. The zero-order chi connectivity index (χ0) is 21.1. The molecule has 3 N–H and O–H groups in total. The second kappa shape index (κ2) is 8.05. The lowest BCUT2D eigenvalue weighted by Gasteiger charge is -2.27. The van der Waals surface area contributed by atoms with E-state index in [2.05, 4.69) is 57.4 Å². The van der Waals surface area contributed by atoms with Crippen LogP contribution >= 0.6 is 0 Å². The number of aromatic hydroxyl groups is 1. The maximum Gasteiger partial charge on any atom is 0.339 e. The second-order valence-corrected chi connectivity index (χ2v) is 9.10. The summed E-state index contributed by atoms with van der Waals surface area (Å²) in [6.07, 6.45) is 1.60. The number of phenols is 1. The van der Waals surface area contributed by atoms with Gasteiger partial charge in [0.1, 0.15) is 5.75 Å². The third-order valence-corrected chi connectivity index (χ3v) is 4.52. The monoisotopic (exact) mass is 381 g/mol. The van der Waals surface area contributed by atoms with Crippen LogP contribution in [0.5, 0.6) is 5.75 Å². The number of hydrogen-bond acceptors (Lipinski definition) is 3. The van der Waals surface area contributed by atoms with Gasteiger partial charge in [0.05, 0.1) is 6.21 Å². The Kier molecular flexibility index (Phi) is 6.17. The van der Waals surface area contributed by atoms with Crippen LogP contribution in [0.3, 0.4) is 0 Å². The average molecular weight is 382 g/mol. The van der Waals surface area contributed by atoms with E-state index in [1.165, 1.54) is 0 Å². The number of nitrogens with one attached hydrogen (secondary N) is 2. The Morgan fingerprint density at radius 3 is 2.04 bits per heavy atom. The molecule has 2 amide bonds. The molecule has 2 aromatic rings. The Balaban J connectivity index is 2.23. The van der Waals surface area contributed by atoms with Gasteiger partial charge in [-0.1, -0.05) is 59.7 Å². The van der Waals surface area contributed by atoms with Crippen molar-refractivity contribution in [3.05, 3.63) is 58.7 Å². The van der Waals surface area contributed by atoms with Crippen molar-refractivity contribution >= 4 is 17.9 Å². The molecule has 0 aromatic heterocycles. The van der Waals surface area contributed by atoms with Crippen LogP contribution in [0, 0.1) is 6.92 Å². The van der Waals surface area contributed by atoms with Crippen LogP contribution in [0.25, 0.3) is 0 Å². The molecule has 5 heteroatoms. The van der Waals surface area contributed by atoms with Gasteiger partial charge in [-0.2, -0.15) is 5.10 Å². The number of rotatable bonds is 3. The molecule has 0 heterocycles. The number of benzene rings is 2. The van der Waals surface area contributed by atoms with Crippen LogP contribution in [0.2, 0.25) is 0 Å². The Morgan fingerprint density at radius 1 is 1.00 bits per heavy atom. The molecule has 0 saturated heterocycles. The first-order valence-corrected chi connectivity index (χ1v) is 9.43. The molecule has 0 atom stereocenters. The van der Waals surface area contributed by atoms with E-state index in [4.69, 9.17) is 0 Å². The summed E-state index contributed by atoms with van der Waals surface area (Å²) in [7, 11) is 0. The van der Waals surface area contributed by atoms with Crippen LogP contribution in [-0.2, 0) is 10.8 Å². The van der Waals surface area contributed by atoms with E-state index in [0.717, 1.165) is 27.9 Å². The van der Waals surface area contributed by atoms with Crippen molar-refractivity contribution in [2.45, 2.75) is 59.3 Å². The Hall–Kier alpha value is -2.82. The highest BCUT2D eigenvalue weighted by Gasteiger charge is 2.26. The number of nitrogens with zero attached hydrogens (tertiary/aromatic N) is 1. The zero-order valence-electron chi connectivity index (χ0n) is 17.8. The van der Waals surface area contributed by atoms with Gasteiger partial charge in [0, 0.05) is 16.8 Å². The van der Waals surface area contributed by atoms with E-state index in [9.17, 15) is 9.90 Å². The predicted molar refractivity (Wildman–Crippen MR) is 116 cm³/mol. The summed E-state index contributed by atoms with van der Waals surface area (Å²) in [5, 5.41) is 17.6. The summed E-state index contributed by atoms with van der Waals surface area (Å²) >= 11 is 0. The highest BCUT2D eigenvalue weighted by atomic mass is 16.3. The Morgan fingerprint density at radius 2 is 1.54 bits per heavy atom. The molecule has 0 aliphatic carbocycles. The zero-order valence-corrected chi connectivity index (χ0v) is 17.8. The number of hydrazone groups is 1. The number of anilines is 1. The van der Waals surface area contributed by atoms with Gasteiger partial charge in [0.25, 0.3) is 0 Å². The molecular weight excluding hydrogens is 350 g/mol. The SMILES string of the molecule is Cc1ccccc1NC(=O)NN=Cc1cc(C(C)(C)C)c(O)c(C(C)(C)C)c1. The van der Waals surface area contributed by atoms with E-state index in [-0.39, 0.29) is 10.8 Å². The molecule has 0 spiro atoms. The van der Waals surface area contributed by atoms with Crippen molar-refractivity contribution in [3.8, 4) is 5.75 Å². The molecule has 5 nitrogen and oxygen atoms in total. The van der Waals surface area contributed by atoms with Gasteiger partial charge in [-0.05, 0) is 47.1 Å². The first kappa shape index (κ1) is 21.5. The van der Waals surface area contributed by atoms with Gasteiger partial charge in [-0.25, -0.2) is 10.2 Å². The molecule has 0 bridgehead atoms. The lowest BCUT2D eigenvalue weighted by molar-refractivity contribution is 0.252. The number of para-hydroxylation sites is 1. The maximum atomic E-state index is 12.1. The van der Waals surface area contributed by atoms with Gasteiger partial charge in [0.2, 0.25) is 0 Å². The number of phenolic OH excluding ortho intramolecular Hbond substituents is 1. The number of carbonyl (C=O) groups excluding carboxylic acids is 1. The van der Waals surface area contributed by atoms with Crippen molar-refractivity contribution < 1.29 is 9.90 Å². The van der Waals surface area contributed by atoms with Crippen LogP contribution in [0.1, 0.15) is 63.8 Å². The summed E-state index contributed by atoms with van der Waals surface area (Å²) < 4.78 is 0. The summed E-state index contributed by atoms with van der Waals surface area (Å²) in [6.45, 7) is 14.3. The van der Waals surface area contributed by atoms with Gasteiger partial charge >= 0.3 is 6.03 Å². The third-order valence-electron chi connectivity index (χ3n) is 4.52. The van der Waals surface area contributed by atoms with E-state index < -0.39 is 6.03 Å². The molecule has 2 aromatic carbocycles. The lowest BCUT2D eigenvalue weighted by atomic mass is 9.78. The molecule has 0 fully saturated rings. The van der Waals surface area contributed by atoms with Crippen molar-refractivity contribution in [2.75, 3.05) is 5.32 Å². The summed E-state index contributed by atoms with van der Waals surface area (Å²) in [5.74, 6) is 0.322. The second-order valence-electron chi connectivity index (χ2n) is 9.10. The fourth-order valence-electron chi connectivity index (χ4n) is 2.90. The van der Waals surface area contributed by atoms with Gasteiger partial charge < -0.3 is 10.4 Å². The molecule has 0 radical (unpaired) electrons. The topological polar surface area (TPSA) is 73.7 Å². The molecule has 0 aliphatic heterocycles. The molecule has 0 aliphatic rings. The summed E-state index contributed by atoms with van der Waals surface area (Å²) in [4.78, 5) is 12.1. The minimum Gasteiger partial charge on any atom is -0.507 e. The van der Waals surface area contributed by atoms with Gasteiger partial charge in [-0.3, -0.25) is 0 Å². The van der Waals surface area contributed by atoms with Gasteiger partial charge in [0.15, 0.2) is 0 Å². The van der Waals surface area contributed by atoms with Crippen molar-refractivity contribution in [1.29, 1.82) is 0 Å². The number of hydrogen-bond donors (Lipinski definition) is 3.